The van der Waals surface area contributed by atoms with E-state index in [1.807, 2.05) is 38.1 Å². The molecule has 0 aliphatic rings. The maximum Gasteiger partial charge on any atom is 0.352 e. The fourth-order valence-corrected chi connectivity index (χ4v) is 2.22. The van der Waals surface area contributed by atoms with Crippen LogP contribution < -0.4 is 4.74 Å². The SMILES string of the molecule is COc1ccc(-c2c[nH]c(C(=O)O)c2C(C)C)cc1. The third kappa shape index (κ3) is 2.47. The molecule has 0 radical (unpaired) electrons. The normalized spacial score (nSPS) is 10.7. The number of hydrogen-bond acceptors (Lipinski definition) is 2. The number of H-pyrrole nitrogens is 1. The van der Waals surface area contributed by atoms with Gasteiger partial charge in [-0.2, -0.15) is 0 Å². The van der Waals surface area contributed by atoms with Crippen LogP contribution in [0.5, 0.6) is 5.75 Å². The number of carbonyl (C=O) groups is 1. The Morgan fingerprint density at radius 1 is 1.26 bits per heavy atom. The van der Waals surface area contributed by atoms with Crippen LogP contribution in [0.2, 0.25) is 0 Å². The molecule has 2 aromatic rings. The zero-order valence-electron chi connectivity index (χ0n) is 11.2. The molecule has 4 heteroatoms. The Bertz CT molecular complexity index is 582. The van der Waals surface area contributed by atoms with E-state index in [9.17, 15) is 9.90 Å². The molecule has 1 aromatic carbocycles. The van der Waals surface area contributed by atoms with Crippen LogP contribution in [0.25, 0.3) is 11.1 Å². The number of aromatic nitrogens is 1. The minimum Gasteiger partial charge on any atom is -0.497 e. The highest BCUT2D eigenvalue weighted by Crippen LogP contribution is 2.32. The lowest BCUT2D eigenvalue weighted by molar-refractivity contribution is 0.0689. The van der Waals surface area contributed by atoms with Gasteiger partial charge in [-0.3, -0.25) is 0 Å². The third-order valence-electron chi connectivity index (χ3n) is 3.11. The number of rotatable bonds is 4. The van der Waals surface area contributed by atoms with Crippen LogP contribution in [-0.2, 0) is 0 Å². The molecule has 2 rings (SSSR count). The van der Waals surface area contributed by atoms with Crippen LogP contribution in [0.1, 0.15) is 35.8 Å². The van der Waals surface area contributed by atoms with E-state index in [-0.39, 0.29) is 11.6 Å². The summed E-state index contributed by atoms with van der Waals surface area (Å²) in [4.78, 5) is 14.1. The minimum atomic E-state index is -0.927. The zero-order chi connectivity index (χ0) is 14.0. The van der Waals surface area contributed by atoms with Crippen LogP contribution in [0.4, 0.5) is 0 Å². The summed E-state index contributed by atoms with van der Waals surface area (Å²) in [6.07, 6.45) is 1.75. The van der Waals surface area contributed by atoms with Gasteiger partial charge < -0.3 is 14.8 Å². The zero-order valence-corrected chi connectivity index (χ0v) is 11.2. The fraction of sp³-hybridized carbons (Fsp3) is 0.267. The summed E-state index contributed by atoms with van der Waals surface area (Å²) in [5.41, 5.74) is 3.00. The van der Waals surface area contributed by atoms with Crippen LogP contribution >= 0.6 is 0 Å². The number of carboxylic acids is 1. The first kappa shape index (κ1) is 13.2. The predicted octanol–water partition coefficient (Wildman–Crippen LogP) is 3.51. The van der Waals surface area contributed by atoms with Gasteiger partial charge in [0.15, 0.2) is 0 Å². The summed E-state index contributed by atoms with van der Waals surface area (Å²) in [6, 6.07) is 7.60. The molecule has 0 amide bonds. The van der Waals surface area contributed by atoms with Gasteiger partial charge in [-0.25, -0.2) is 4.79 Å². The molecule has 19 heavy (non-hydrogen) atoms. The van der Waals surface area contributed by atoms with E-state index in [0.717, 1.165) is 22.4 Å². The van der Waals surface area contributed by atoms with Crippen molar-refractivity contribution in [3.63, 3.8) is 0 Å². The predicted molar refractivity (Wildman–Crippen MR) is 73.8 cm³/mol. The van der Waals surface area contributed by atoms with Crippen molar-refractivity contribution >= 4 is 5.97 Å². The number of ether oxygens (including phenoxy) is 1. The molecule has 0 spiro atoms. The largest absolute Gasteiger partial charge is 0.497 e. The Morgan fingerprint density at radius 2 is 1.89 bits per heavy atom. The molecule has 0 saturated carbocycles. The molecular formula is C15H17NO3. The summed E-state index contributed by atoms with van der Waals surface area (Å²) in [5, 5.41) is 9.21. The lowest BCUT2D eigenvalue weighted by Gasteiger charge is -2.09. The van der Waals surface area contributed by atoms with Crippen molar-refractivity contribution in [2.75, 3.05) is 7.11 Å². The molecular weight excluding hydrogens is 242 g/mol. The van der Waals surface area contributed by atoms with Crippen molar-refractivity contribution in [3.8, 4) is 16.9 Å². The highest BCUT2D eigenvalue weighted by molar-refractivity contribution is 5.91. The lowest BCUT2D eigenvalue weighted by Crippen LogP contribution is -2.03. The molecule has 0 saturated heterocycles. The van der Waals surface area contributed by atoms with Crippen molar-refractivity contribution in [2.45, 2.75) is 19.8 Å². The number of nitrogens with one attached hydrogen (secondary N) is 1. The van der Waals surface area contributed by atoms with Crippen molar-refractivity contribution in [1.82, 2.24) is 4.98 Å². The van der Waals surface area contributed by atoms with Gasteiger partial charge in [0, 0.05) is 11.8 Å². The van der Waals surface area contributed by atoms with Crippen molar-refractivity contribution in [3.05, 3.63) is 41.7 Å². The molecule has 2 N–H and O–H groups in total. The molecule has 0 fully saturated rings. The highest BCUT2D eigenvalue weighted by Gasteiger charge is 2.20. The van der Waals surface area contributed by atoms with Gasteiger partial charge in [0.2, 0.25) is 0 Å². The van der Waals surface area contributed by atoms with Gasteiger partial charge in [-0.15, -0.1) is 0 Å². The van der Waals surface area contributed by atoms with E-state index in [0.29, 0.717) is 0 Å². The standard InChI is InChI=1S/C15H17NO3/c1-9(2)13-12(8-16-14(13)15(17)18)10-4-6-11(19-3)7-5-10/h4-9,16H,1-3H3,(H,17,18). The Labute approximate surface area is 112 Å². The van der Waals surface area contributed by atoms with E-state index in [1.54, 1.807) is 13.3 Å². The van der Waals surface area contributed by atoms with Crippen molar-refractivity contribution in [2.24, 2.45) is 0 Å². The Morgan fingerprint density at radius 3 is 2.37 bits per heavy atom. The molecule has 0 bridgehead atoms. The second-order valence-electron chi connectivity index (χ2n) is 4.68. The maximum absolute atomic E-state index is 11.2. The van der Waals surface area contributed by atoms with E-state index in [4.69, 9.17) is 4.74 Å². The van der Waals surface area contributed by atoms with Gasteiger partial charge in [-0.05, 0) is 29.2 Å². The van der Waals surface area contributed by atoms with Crippen molar-refractivity contribution < 1.29 is 14.6 Å². The van der Waals surface area contributed by atoms with Gasteiger partial charge in [0.25, 0.3) is 0 Å². The maximum atomic E-state index is 11.2. The lowest BCUT2D eigenvalue weighted by atomic mass is 9.94. The average molecular weight is 259 g/mol. The fourth-order valence-electron chi connectivity index (χ4n) is 2.22. The molecule has 100 valence electrons. The minimum absolute atomic E-state index is 0.134. The third-order valence-corrected chi connectivity index (χ3v) is 3.11. The number of hydrogen-bond donors (Lipinski definition) is 2. The van der Waals surface area contributed by atoms with Crippen LogP contribution in [-0.4, -0.2) is 23.2 Å². The molecule has 4 nitrogen and oxygen atoms in total. The molecule has 1 aromatic heterocycles. The van der Waals surface area contributed by atoms with E-state index in [1.165, 1.54) is 0 Å². The Hall–Kier alpha value is -2.23. The molecule has 0 atom stereocenters. The Balaban J connectivity index is 2.52. The summed E-state index contributed by atoms with van der Waals surface area (Å²) in [6.45, 7) is 3.98. The number of methoxy groups -OCH3 is 1. The number of benzene rings is 1. The van der Waals surface area contributed by atoms with Gasteiger partial charge in [0.05, 0.1) is 7.11 Å². The number of aromatic carboxylic acids is 1. The van der Waals surface area contributed by atoms with Gasteiger partial charge in [0.1, 0.15) is 11.4 Å². The van der Waals surface area contributed by atoms with E-state index in [2.05, 4.69) is 4.98 Å². The summed E-state index contributed by atoms with van der Waals surface area (Å²) >= 11 is 0. The second kappa shape index (κ2) is 5.18. The molecule has 0 aliphatic carbocycles. The summed E-state index contributed by atoms with van der Waals surface area (Å²) in [7, 11) is 1.62. The Kier molecular flexibility index (Phi) is 3.60. The molecule has 0 aliphatic heterocycles. The number of carboxylic acid groups (broad SMARTS) is 1. The van der Waals surface area contributed by atoms with Crippen LogP contribution in [0.15, 0.2) is 30.5 Å². The molecule has 0 unspecified atom stereocenters. The van der Waals surface area contributed by atoms with Gasteiger partial charge >= 0.3 is 5.97 Å². The average Bonchev–Trinajstić information content (AvgIpc) is 2.83. The van der Waals surface area contributed by atoms with Crippen LogP contribution in [0, 0.1) is 0 Å². The second-order valence-corrected chi connectivity index (χ2v) is 4.68. The first-order chi connectivity index (χ1) is 9.04. The summed E-state index contributed by atoms with van der Waals surface area (Å²) in [5.74, 6) is -0.0123. The highest BCUT2D eigenvalue weighted by atomic mass is 16.5. The topological polar surface area (TPSA) is 62.3 Å². The van der Waals surface area contributed by atoms with E-state index >= 15 is 0 Å². The van der Waals surface area contributed by atoms with Crippen molar-refractivity contribution in [1.29, 1.82) is 0 Å². The number of aromatic amines is 1. The molecule has 1 heterocycles. The monoisotopic (exact) mass is 259 g/mol. The van der Waals surface area contributed by atoms with E-state index < -0.39 is 5.97 Å². The first-order valence-corrected chi connectivity index (χ1v) is 6.13. The quantitative estimate of drug-likeness (QED) is 0.883. The van der Waals surface area contributed by atoms with Gasteiger partial charge in [-0.1, -0.05) is 26.0 Å². The smallest absolute Gasteiger partial charge is 0.352 e. The first-order valence-electron chi connectivity index (χ1n) is 6.13. The van der Waals surface area contributed by atoms with Crippen LogP contribution in [0.3, 0.4) is 0 Å². The summed E-state index contributed by atoms with van der Waals surface area (Å²) < 4.78 is 5.12.